The van der Waals surface area contributed by atoms with Crippen molar-refractivity contribution in [3.63, 3.8) is 0 Å². The maximum atomic E-state index is 11.8. The minimum Gasteiger partial charge on any atom is -0.480 e. The number of thioether (sulfide) groups is 1. The average molecular weight is 308 g/mol. The first kappa shape index (κ1) is 13.4. The van der Waals surface area contributed by atoms with Gasteiger partial charge in [-0.25, -0.2) is 9.78 Å². The van der Waals surface area contributed by atoms with Gasteiger partial charge >= 0.3 is 5.97 Å². The number of carboxylic acids is 1. The zero-order chi connectivity index (χ0) is 14.2. The monoisotopic (exact) mass is 308 g/mol. The molecule has 1 saturated carbocycles. The Balaban J connectivity index is 1.59. The number of para-hydroxylation sites is 1. The Hall–Kier alpha value is -1.60. The molecule has 104 valence electrons. The molecule has 0 spiro atoms. The molecular weight excluding hydrogens is 296 g/mol. The Labute approximate surface area is 123 Å². The number of aromatic nitrogens is 1. The summed E-state index contributed by atoms with van der Waals surface area (Å²) in [4.78, 5) is 27.2. The van der Waals surface area contributed by atoms with E-state index in [9.17, 15) is 9.59 Å². The molecular formula is C13H12N2O3S2. The van der Waals surface area contributed by atoms with Crippen LogP contribution in [0, 0.1) is 0 Å². The molecule has 0 aliphatic heterocycles. The van der Waals surface area contributed by atoms with Crippen LogP contribution in [0.4, 0.5) is 0 Å². The molecule has 0 radical (unpaired) electrons. The third-order valence-corrected chi connectivity index (χ3v) is 5.32. The normalized spacial score (nSPS) is 16.0. The summed E-state index contributed by atoms with van der Waals surface area (Å²) in [5.74, 6) is -1.01. The second-order valence-electron chi connectivity index (χ2n) is 4.67. The van der Waals surface area contributed by atoms with Gasteiger partial charge in [0, 0.05) is 0 Å². The SMILES string of the molecule is O=C(CSc1nc2ccccc2s1)NC1(C(=O)O)CC1. The Morgan fingerprint density at radius 3 is 2.80 bits per heavy atom. The molecule has 0 saturated heterocycles. The lowest BCUT2D eigenvalue weighted by atomic mass is 10.3. The van der Waals surface area contributed by atoms with Gasteiger partial charge in [0.2, 0.25) is 5.91 Å². The van der Waals surface area contributed by atoms with Crippen LogP contribution in [0.2, 0.25) is 0 Å². The molecule has 7 heteroatoms. The molecule has 2 aromatic rings. The first-order chi connectivity index (χ1) is 9.59. The van der Waals surface area contributed by atoms with E-state index in [4.69, 9.17) is 5.11 Å². The highest BCUT2D eigenvalue weighted by molar-refractivity contribution is 8.01. The highest BCUT2D eigenvalue weighted by Gasteiger charge is 2.51. The fraction of sp³-hybridized carbons (Fsp3) is 0.308. The van der Waals surface area contributed by atoms with E-state index >= 15 is 0 Å². The van der Waals surface area contributed by atoms with E-state index in [1.54, 1.807) is 0 Å². The number of fused-ring (bicyclic) bond motifs is 1. The molecule has 1 aromatic carbocycles. The van der Waals surface area contributed by atoms with E-state index in [2.05, 4.69) is 10.3 Å². The maximum absolute atomic E-state index is 11.8. The average Bonchev–Trinajstić information content (AvgIpc) is 3.08. The van der Waals surface area contributed by atoms with Crippen LogP contribution in [0.25, 0.3) is 10.2 Å². The molecule has 1 fully saturated rings. The van der Waals surface area contributed by atoms with Crippen molar-refractivity contribution in [1.29, 1.82) is 0 Å². The van der Waals surface area contributed by atoms with Gasteiger partial charge in [0.15, 0.2) is 4.34 Å². The van der Waals surface area contributed by atoms with Gasteiger partial charge in [-0.2, -0.15) is 0 Å². The van der Waals surface area contributed by atoms with Gasteiger partial charge < -0.3 is 10.4 Å². The number of thiazole rings is 1. The van der Waals surface area contributed by atoms with E-state index < -0.39 is 11.5 Å². The van der Waals surface area contributed by atoms with Crippen LogP contribution in [0.1, 0.15) is 12.8 Å². The van der Waals surface area contributed by atoms with Gasteiger partial charge in [0.05, 0.1) is 16.0 Å². The Kier molecular flexibility index (Phi) is 3.39. The topological polar surface area (TPSA) is 79.3 Å². The van der Waals surface area contributed by atoms with Crippen molar-refractivity contribution in [3.8, 4) is 0 Å². The van der Waals surface area contributed by atoms with Gasteiger partial charge in [-0.1, -0.05) is 23.9 Å². The van der Waals surface area contributed by atoms with Crippen LogP contribution >= 0.6 is 23.1 Å². The molecule has 1 amide bonds. The second kappa shape index (κ2) is 5.06. The molecule has 1 heterocycles. The number of aliphatic carboxylic acids is 1. The van der Waals surface area contributed by atoms with Gasteiger partial charge in [0.25, 0.3) is 0 Å². The first-order valence-electron chi connectivity index (χ1n) is 6.12. The number of nitrogens with one attached hydrogen (secondary N) is 1. The van der Waals surface area contributed by atoms with Crippen LogP contribution < -0.4 is 5.32 Å². The molecule has 3 rings (SSSR count). The van der Waals surface area contributed by atoms with E-state index in [0.717, 1.165) is 14.6 Å². The summed E-state index contributed by atoms with van der Waals surface area (Å²) in [7, 11) is 0. The largest absolute Gasteiger partial charge is 0.480 e. The van der Waals surface area contributed by atoms with Crippen molar-refractivity contribution in [3.05, 3.63) is 24.3 Å². The molecule has 1 aromatic heterocycles. The summed E-state index contributed by atoms with van der Waals surface area (Å²) in [6.07, 6.45) is 1.03. The van der Waals surface area contributed by atoms with Crippen LogP contribution in [-0.2, 0) is 9.59 Å². The van der Waals surface area contributed by atoms with Gasteiger partial charge in [0.1, 0.15) is 5.54 Å². The summed E-state index contributed by atoms with van der Waals surface area (Å²) < 4.78 is 1.90. The molecule has 0 unspecified atom stereocenters. The zero-order valence-corrected chi connectivity index (χ0v) is 12.1. The first-order valence-corrected chi connectivity index (χ1v) is 7.92. The van der Waals surface area contributed by atoms with Gasteiger partial charge in [-0.05, 0) is 25.0 Å². The van der Waals surface area contributed by atoms with Crippen molar-refractivity contribution in [2.45, 2.75) is 22.7 Å². The number of nitrogens with zero attached hydrogens (tertiary/aromatic N) is 1. The number of benzene rings is 1. The Morgan fingerprint density at radius 2 is 2.15 bits per heavy atom. The number of hydrogen-bond donors (Lipinski definition) is 2. The molecule has 1 aliphatic carbocycles. The number of rotatable bonds is 5. The molecule has 5 nitrogen and oxygen atoms in total. The third-order valence-electron chi connectivity index (χ3n) is 3.14. The lowest BCUT2D eigenvalue weighted by Crippen LogP contribution is -2.43. The van der Waals surface area contributed by atoms with E-state index in [0.29, 0.717) is 12.8 Å². The van der Waals surface area contributed by atoms with Crippen molar-refractivity contribution >= 4 is 45.2 Å². The molecule has 1 aliphatic rings. The van der Waals surface area contributed by atoms with Gasteiger partial charge in [-0.15, -0.1) is 11.3 Å². The summed E-state index contributed by atoms with van der Waals surface area (Å²) in [5.41, 5.74) is -0.0878. The van der Waals surface area contributed by atoms with Crippen molar-refractivity contribution in [2.24, 2.45) is 0 Å². The Morgan fingerprint density at radius 1 is 1.40 bits per heavy atom. The molecule has 0 bridgehead atoms. The predicted octanol–water partition coefficient (Wildman–Crippen LogP) is 2.12. The lowest BCUT2D eigenvalue weighted by molar-refractivity contribution is -0.142. The third kappa shape index (κ3) is 2.64. The van der Waals surface area contributed by atoms with Crippen LogP contribution in [-0.4, -0.2) is 33.3 Å². The minimum absolute atomic E-state index is 0.189. The summed E-state index contributed by atoms with van der Waals surface area (Å²) in [6, 6.07) is 7.79. The number of hydrogen-bond acceptors (Lipinski definition) is 5. The Bertz CT molecular complexity index is 646. The molecule has 20 heavy (non-hydrogen) atoms. The standard InChI is InChI=1S/C13H12N2O3S2/c16-10(15-13(5-6-13)11(17)18)7-19-12-14-8-3-1-2-4-9(8)20-12/h1-4H,5-7H2,(H,15,16)(H,17,18). The summed E-state index contributed by atoms with van der Waals surface area (Å²) in [6.45, 7) is 0. The van der Waals surface area contributed by atoms with E-state index in [-0.39, 0.29) is 11.7 Å². The fourth-order valence-electron chi connectivity index (χ4n) is 1.86. The highest BCUT2D eigenvalue weighted by Crippen LogP contribution is 2.36. The van der Waals surface area contributed by atoms with Crippen molar-refractivity contribution < 1.29 is 14.7 Å². The quantitative estimate of drug-likeness (QED) is 0.827. The highest BCUT2D eigenvalue weighted by atomic mass is 32.2. The predicted molar refractivity (Wildman–Crippen MR) is 78.1 cm³/mol. The van der Waals surface area contributed by atoms with Crippen LogP contribution in [0.15, 0.2) is 28.6 Å². The van der Waals surface area contributed by atoms with Crippen molar-refractivity contribution in [1.82, 2.24) is 10.3 Å². The van der Waals surface area contributed by atoms with E-state index in [1.807, 2.05) is 24.3 Å². The zero-order valence-electron chi connectivity index (χ0n) is 10.5. The summed E-state index contributed by atoms with van der Waals surface area (Å²) in [5, 5.41) is 11.6. The van der Waals surface area contributed by atoms with Crippen molar-refractivity contribution in [2.75, 3.05) is 5.75 Å². The van der Waals surface area contributed by atoms with E-state index in [1.165, 1.54) is 23.1 Å². The smallest absolute Gasteiger partial charge is 0.329 e. The van der Waals surface area contributed by atoms with Crippen LogP contribution in [0.5, 0.6) is 0 Å². The van der Waals surface area contributed by atoms with Crippen LogP contribution in [0.3, 0.4) is 0 Å². The number of carbonyl (C=O) groups excluding carboxylic acids is 1. The van der Waals surface area contributed by atoms with Gasteiger partial charge in [-0.3, -0.25) is 4.79 Å². The number of carbonyl (C=O) groups is 2. The number of carboxylic acid groups (broad SMARTS) is 1. The minimum atomic E-state index is -1.01. The summed E-state index contributed by atoms with van der Waals surface area (Å²) >= 11 is 2.87. The lowest BCUT2D eigenvalue weighted by Gasteiger charge is -2.11. The number of amides is 1. The second-order valence-corrected chi connectivity index (χ2v) is 6.92. The molecule has 2 N–H and O–H groups in total. The molecule has 0 atom stereocenters. The fourth-order valence-corrected chi connectivity index (χ4v) is 3.73. The maximum Gasteiger partial charge on any atom is 0.329 e.